The first kappa shape index (κ1) is 43.3. The minimum absolute atomic E-state index is 0.0240. The first-order valence-corrected chi connectivity index (χ1v) is 20.4. The summed E-state index contributed by atoms with van der Waals surface area (Å²) in [5.74, 6) is -6.71. The van der Waals surface area contributed by atoms with Gasteiger partial charge >= 0.3 is 0 Å². The van der Waals surface area contributed by atoms with Crippen LogP contribution in [0.5, 0.6) is 0 Å². The van der Waals surface area contributed by atoms with Gasteiger partial charge < -0.3 is 15.5 Å². The van der Waals surface area contributed by atoms with E-state index in [0.29, 0.717) is 78.8 Å². The molecular formula is C45H40F8N8O2. The first-order valence-electron chi connectivity index (χ1n) is 20.4. The maximum atomic E-state index is 15.1. The Morgan fingerprint density at radius 3 is 1.92 bits per heavy atom. The molecule has 1 saturated carbocycles. The number of hydrogen-bond donors (Lipinski definition) is 4. The van der Waals surface area contributed by atoms with Crippen molar-refractivity contribution in [2.45, 2.75) is 68.4 Å². The van der Waals surface area contributed by atoms with Gasteiger partial charge in [-0.15, -0.1) is 0 Å². The predicted octanol–water partition coefficient (Wildman–Crippen LogP) is 8.77. The summed E-state index contributed by atoms with van der Waals surface area (Å²) in [6.07, 6.45) is 2.19. The fourth-order valence-corrected chi connectivity index (χ4v) is 9.70. The molecule has 63 heavy (non-hydrogen) atoms. The van der Waals surface area contributed by atoms with Crippen molar-refractivity contribution in [3.8, 4) is 6.07 Å². The highest BCUT2D eigenvalue weighted by Gasteiger charge is 2.43. The monoisotopic (exact) mass is 876 g/mol. The molecule has 1 saturated heterocycles. The number of nitrogens with one attached hydrogen (secondary N) is 4. The Kier molecular flexibility index (Phi) is 12.0. The molecule has 4 N–H and O–H groups in total. The van der Waals surface area contributed by atoms with Crippen LogP contribution < -0.4 is 21.8 Å². The van der Waals surface area contributed by atoms with Gasteiger partial charge in [-0.2, -0.15) is 15.5 Å². The maximum Gasteiger partial charge on any atom is 0.272 e. The van der Waals surface area contributed by atoms with E-state index in [1.807, 2.05) is 6.07 Å². The standard InChI is InChI=1S/C27H27F5N4O.C17H10F2N4O.CH3F/c28-15-1-2-18(20(30)12-15)23-24(14-5-9-36(10-6-14)17-3-7-27(31,32)8-4-17)33-21-13-16(29)11-19-22(21)25(23)34-35-26(19)37;18-9-4-11-15-14(5-9)21-7-12(16(15)22-23-17(11)24)10-2-1-8(6-20)3-13(10)19;1-2/h1-2,11-14,17,23-24,33H,3-10H2,(H,35,37);1-5,12,21H,7H2,(H,23,24);1H3/t23-,24?;;/m1../s1. The zero-order valence-electron chi connectivity index (χ0n) is 33.7. The molecule has 10 rings (SSSR count). The van der Waals surface area contributed by atoms with E-state index in [1.54, 1.807) is 0 Å². The smallest absolute Gasteiger partial charge is 0.272 e. The lowest BCUT2D eigenvalue weighted by Gasteiger charge is -2.45. The van der Waals surface area contributed by atoms with Gasteiger partial charge in [0.15, 0.2) is 0 Å². The molecule has 10 nitrogen and oxygen atoms in total. The van der Waals surface area contributed by atoms with Gasteiger partial charge in [0.1, 0.15) is 29.1 Å². The first-order chi connectivity index (χ1) is 30.3. The van der Waals surface area contributed by atoms with E-state index in [-0.39, 0.29) is 46.7 Å². The average molecular weight is 877 g/mol. The highest BCUT2D eigenvalue weighted by atomic mass is 19.3. The van der Waals surface area contributed by atoms with Gasteiger partial charge in [-0.05, 0) is 98.3 Å². The molecule has 0 bridgehead atoms. The van der Waals surface area contributed by atoms with Gasteiger partial charge in [-0.1, -0.05) is 12.1 Å². The molecule has 0 radical (unpaired) electrons. The van der Waals surface area contributed by atoms with E-state index >= 15 is 4.39 Å². The van der Waals surface area contributed by atoms with Crippen LogP contribution in [0.15, 0.2) is 70.3 Å². The lowest BCUT2D eigenvalue weighted by Crippen LogP contribution is -2.49. The Balaban J connectivity index is 0.000000181. The Bertz CT molecular complexity index is 2860. The normalized spacial score (nSPS) is 20.7. The summed E-state index contributed by atoms with van der Waals surface area (Å²) in [5.41, 5.74) is 1.54. The molecule has 4 aliphatic rings. The molecule has 0 spiro atoms. The summed E-state index contributed by atoms with van der Waals surface area (Å²) < 4.78 is 108. The Labute approximate surface area is 354 Å². The van der Waals surface area contributed by atoms with Crippen molar-refractivity contribution in [3.63, 3.8) is 0 Å². The van der Waals surface area contributed by atoms with E-state index in [2.05, 4.69) is 35.9 Å². The topological polar surface area (TPSA) is 143 Å². The van der Waals surface area contributed by atoms with Crippen LogP contribution in [0.4, 0.5) is 46.5 Å². The highest BCUT2D eigenvalue weighted by molar-refractivity contribution is 5.98. The van der Waals surface area contributed by atoms with Gasteiger partial charge in [0.25, 0.3) is 11.1 Å². The van der Waals surface area contributed by atoms with E-state index < -0.39 is 64.0 Å². The number of hydrogen-bond acceptors (Lipinski definition) is 8. The fraction of sp³-hybridized carbons (Fsp3) is 0.356. The molecule has 328 valence electrons. The number of rotatable bonds is 4. The van der Waals surface area contributed by atoms with Crippen molar-refractivity contribution in [1.82, 2.24) is 25.3 Å². The van der Waals surface area contributed by atoms with Gasteiger partial charge in [0, 0.05) is 65.6 Å². The average Bonchev–Trinajstić information content (AvgIpc) is 3.27. The molecule has 18 heteroatoms. The zero-order valence-corrected chi connectivity index (χ0v) is 33.7. The number of alkyl halides is 3. The number of nitriles is 1. The number of H-pyrrole nitrogens is 2. The number of piperidine rings is 1. The van der Waals surface area contributed by atoms with Gasteiger partial charge in [0.05, 0.1) is 46.9 Å². The number of benzene rings is 4. The van der Waals surface area contributed by atoms with Crippen LogP contribution in [-0.4, -0.2) is 70.1 Å². The summed E-state index contributed by atoms with van der Waals surface area (Å²) in [5, 5.41) is 29.6. The summed E-state index contributed by atoms with van der Waals surface area (Å²) in [4.78, 5) is 26.7. The number of nitrogens with zero attached hydrogens (tertiary/aromatic N) is 4. The number of aromatic nitrogens is 4. The van der Waals surface area contributed by atoms with Crippen molar-refractivity contribution in [1.29, 1.82) is 5.26 Å². The third kappa shape index (κ3) is 8.33. The maximum absolute atomic E-state index is 15.1. The second kappa shape index (κ2) is 17.4. The SMILES string of the molecule is CF.N#Cc1ccc(C2CNc3cc(F)cc4c(=O)[nH]nc2c34)c(F)c1.O=c1[nH]nc2c3c(cc(F)cc13)NC(C1CCN(C3CCC(F)(F)CC3)CC1)[C@H]2c1ccc(F)cc1F. The second-order valence-corrected chi connectivity index (χ2v) is 16.2. The summed E-state index contributed by atoms with van der Waals surface area (Å²) >= 11 is 0. The third-order valence-electron chi connectivity index (χ3n) is 12.7. The number of aromatic amines is 2. The van der Waals surface area contributed by atoms with Gasteiger partial charge in [0.2, 0.25) is 5.92 Å². The molecule has 0 amide bonds. The van der Waals surface area contributed by atoms with Crippen LogP contribution in [0.25, 0.3) is 21.5 Å². The number of anilines is 2. The minimum atomic E-state index is -2.58. The molecule has 2 unspecified atom stereocenters. The van der Waals surface area contributed by atoms with Crippen molar-refractivity contribution in [2.75, 3.05) is 37.4 Å². The second-order valence-electron chi connectivity index (χ2n) is 16.2. The molecule has 1 aliphatic carbocycles. The zero-order chi connectivity index (χ0) is 44.7. The van der Waals surface area contributed by atoms with Gasteiger partial charge in [-0.3, -0.25) is 14.0 Å². The quantitative estimate of drug-likeness (QED) is 0.129. The Morgan fingerprint density at radius 1 is 0.714 bits per heavy atom. The largest absolute Gasteiger partial charge is 0.383 e. The van der Waals surface area contributed by atoms with Crippen LogP contribution in [0.2, 0.25) is 0 Å². The Hall–Kier alpha value is -6.35. The van der Waals surface area contributed by atoms with E-state index in [9.17, 15) is 40.3 Å². The van der Waals surface area contributed by atoms with Gasteiger partial charge in [-0.25, -0.2) is 40.9 Å². The molecule has 2 fully saturated rings. The molecule has 3 aliphatic heterocycles. The van der Waals surface area contributed by atoms with Crippen molar-refractivity contribution < 1.29 is 35.1 Å². The van der Waals surface area contributed by atoms with Crippen molar-refractivity contribution in [2.24, 2.45) is 5.92 Å². The third-order valence-corrected chi connectivity index (χ3v) is 12.7. The van der Waals surface area contributed by atoms with Crippen LogP contribution in [0, 0.1) is 46.3 Å². The van der Waals surface area contributed by atoms with Crippen LogP contribution in [0.3, 0.4) is 0 Å². The van der Waals surface area contributed by atoms with E-state index in [0.717, 1.165) is 31.0 Å². The summed E-state index contributed by atoms with van der Waals surface area (Å²) in [7, 11) is 0.500. The molecule has 5 heterocycles. The predicted molar refractivity (Wildman–Crippen MR) is 220 cm³/mol. The lowest BCUT2D eigenvalue weighted by atomic mass is 9.74. The van der Waals surface area contributed by atoms with Crippen molar-refractivity contribution in [3.05, 3.63) is 139 Å². The molecule has 6 aromatic rings. The van der Waals surface area contributed by atoms with Crippen LogP contribution >= 0.6 is 0 Å². The van der Waals surface area contributed by atoms with Crippen LogP contribution in [-0.2, 0) is 0 Å². The van der Waals surface area contributed by atoms with Crippen LogP contribution in [0.1, 0.15) is 78.4 Å². The Morgan fingerprint density at radius 2 is 1.30 bits per heavy atom. The number of halogens is 8. The summed E-state index contributed by atoms with van der Waals surface area (Å²) in [6.45, 7) is 1.72. The lowest BCUT2D eigenvalue weighted by molar-refractivity contribution is -0.0570. The minimum Gasteiger partial charge on any atom is -0.383 e. The highest BCUT2D eigenvalue weighted by Crippen LogP contribution is 2.46. The molecule has 4 aromatic carbocycles. The molecule has 2 aromatic heterocycles. The molecule has 3 atom stereocenters. The van der Waals surface area contributed by atoms with Crippen molar-refractivity contribution >= 4 is 32.9 Å². The molecular weight excluding hydrogens is 837 g/mol. The number of likely N-dealkylation sites (tertiary alicyclic amines) is 1. The summed E-state index contributed by atoms with van der Waals surface area (Å²) in [6, 6.07) is 14.1. The van der Waals surface area contributed by atoms with E-state index in [1.165, 1.54) is 42.5 Å². The van der Waals surface area contributed by atoms with E-state index in [4.69, 9.17) is 5.26 Å². The fourth-order valence-electron chi connectivity index (χ4n) is 9.70.